The Labute approximate surface area is 218 Å². The second kappa shape index (κ2) is 10.5. The predicted molar refractivity (Wildman–Crippen MR) is 144 cm³/mol. The molecule has 0 spiro atoms. The van der Waals surface area contributed by atoms with Gasteiger partial charge in [0.05, 0.1) is 12.1 Å². The largest absolute Gasteiger partial charge is 0.481 e. The molecule has 1 aliphatic rings. The second-order valence-corrected chi connectivity index (χ2v) is 10.8. The van der Waals surface area contributed by atoms with Crippen LogP contribution in [-0.4, -0.2) is 34.1 Å². The molecule has 4 rings (SSSR count). The number of piperidine rings is 1. The lowest BCUT2D eigenvalue weighted by atomic mass is 9.82. The number of carboxylic acid groups (broad SMARTS) is 1. The molecule has 190 valence electrons. The van der Waals surface area contributed by atoms with Gasteiger partial charge in [0.15, 0.2) is 0 Å². The Bertz CT molecular complexity index is 1230. The number of benzene rings is 1. The van der Waals surface area contributed by atoms with Crippen LogP contribution in [0.2, 0.25) is 5.02 Å². The van der Waals surface area contributed by atoms with Crippen molar-refractivity contribution in [2.24, 2.45) is 5.41 Å². The van der Waals surface area contributed by atoms with E-state index in [-0.39, 0.29) is 17.9 Å². The van der Waals surface area contributed by atoms with Gasteiger partial charge in [-0.15, -0.1) is 0 Å². The van der Waals surface area contributed by atoms with E-state index in [2.05, 4.69) is 28.7 Å². The van der Waals surface area contributed by atoms with Crippen LogP contribution in [0.3, 0.4) is 0 Å². The molecule has 1 fully saturated rings. The molecular weight excluding hydrogens is 474 g/mol. The fraction of sp³-hybridized carbons (Fsp3) is 0.414. The lowest BCUT2D eigenvalue weighted by Gasteiger charge is -2.40. The number of hydrogen-bond donors (Lipinski definition) is 1. The highest BCUT2D eigenvalue weighted by molar-refractivity contribution is 6.31. The van der Waals surface area contributed by atoms with Crippen molar-refractivity contribution in [3.05, 3.63) is 70.1 Å². The molecule has 1 aromatic carbocycles. The van der Waals surface area contributed by atoms with Gasteiger partial charge in [0.25, 0.3) is 0 Å². The number of aromatic nitrogens is 2. The molecule has 2 aromatic heterocycles. The van der Waals surface area contributed by atoms with E-state index in [1.807, 2.05) is 57.3 Å². The molecule has 3 aromatic rings. The van der Waals surface area contributed by atoms with Crippen LogP contribution >= 0.6 is 11.6 Å². The van der Waals surface area contributed by atoms with Gasteiger partial charge in [-0.25, -0.2) is 4.98 Å². The molecule has 1 unspecified atom stereocenters. The highest BCUT2D eigenvalue weighted by atomic mass is 35.5. The zero-order valence-corrected chi connectivity index (χ0v) is 22.4. The number of ether oxygens (including phenoxy) is 1. The van der Waals surface area contributed by atoms with E-state index in [1.54, 1.807) is 6.20 Å². The number of carboxylic acids is 1. The maximum Gasteiger partial charge on any atom is 0.307 e. The number of halogens is 1. The third kappa shape index (κ3) is 5.65. The van der Waals surface area contributed by atoms with Crippen LogP contribution in [0.25, 0.3) is 11.1 Å². The minimum absolute atomic E-state index is 0.0643. The Morgan fingerprint density at radius 1 is 1.14 bits per heavy atom. The molecule has 0 bridgehead atoms. The van der Waals surface area contributed by atoms with Crippen LogP contribution in [0.4, 0.5) is 5.69 Å². The minimum Gasteiger partial charge on any atom is -0.481 e. The Morgan fingerprint density at radius 3 is 2.47 bits per heavy atom. The SMILES string of the molecule is Cc1cccc(Cl)c1C(C)Oc1ccc(-c2cnc(C)c(CC(=O)O)c2N2CCC(C)(C)CC2)cn1. The van der Waals surface area contributed by atoms with E-state index in [0.29, 0.717) is 10.9 Å². The van der Waals surface area contributed by atoms with Gasteiger partial charge >= 0.3 is 5.97 Å². The first-order valence-corrected chi connectivity index (χ1v) is 12.8. The van der Waals surface area contributed by atoms with Gasteiger partial charge in [-0.05, 0) is 56.7 Å². The van der Waals surface area contributed by atoms with E-state index in [0.717, 1.165) is 65.1 Å². The molecule has 1 saturated heterocycles. The van der Waals surface area contributed by atoms with Gasteiger partial charge in [-0.1, -0.05) is 37.6 Å². The lowest BCUT2D eigenvalue weighted by Crippen LogP contribution is -2.38. The molecule has 0 aliphatic carbocycles. The third-order valence-corrected chi connectivity index (χ3v) is 7.48. The van der Waals surface area contributed by atoms with Crippen molar-refractivity contribution in [1.82, 2.24) is 9.97 Å². The quantitative estimate of drug-likeness (QED) is 0.378. The van der Waals surface area contributed by atoms with E-state index < -0.39 is 5.97 Å². The maximum absolute atomic E-state index is 11.7. The molecule has 1 N–H and O–H groups in total. The van der Waals surface area contributed by atoms with Crippen LogP contribution in [0, 0.1) is 19.3 Å². The summed E-state index contributed by atoms with van der Waals surface area (Å²) in [5.41, 5.74) is 6.53. The number of carbonyl (C=O) groups is 1. The first-order chi connectivity index (χ1) is 17.1. The van der Waals surface area contributed by atoms with Gasteiger partial charge < -0.3 is 14.7 Å². The Morgan fingerprint density at radius 2 is 1.86 bits per heavy atom. The third-order valence-electron chi connectivity index (χ3n) is 7.15. The van der Waals surface area contributed by atoms with E-state index in [4.69, 9.17) is 16.3 Å². The first-order valence-electron chi connectivity index (χ1n) is 12.4. The standard InChI is InChI=1S/C29H34ClN3O3/c1-18-7-6-8-24(30)27(18)20(3)36-25-10-9-21(16-32-25)23-17-31-19(2)22(15-26(34)35)28(23)33-13-11-29(4,5)12-14-33/h6-10,16-17,20H,11-15H2,1-5H3,(H,34,35). The van der Waals surface area contributed by atoms with Crippen molar-refractivity contribution >= 4 is 23.3 Å². The summed E-state index contributed by atoms with van der Waals surface area (Å²) in [6.07, 6.45) is 5.38. The van der Waals surface area contributed by atoms with Crippen LogP contribution in [-0.2, 0) is 11.2 Å². The number of nitrogens with zero attached hydrogens (tertiary/aromatic N) is 3. The van der Waals surface area contributed by atoms with Crippen molar-refractivity contribution in [3.63, 3.8) is 0 Å². The minimum atomic E-state index is -0.860. The predicted octanol–water partition coefficient (Wildman–Crippen LogP) is 6.81. The number of aryl methyl sites for hydroxylation is 2. The van der Waals surface area contributed by atoms with Crippen LogP contribution in [0.15, 0.2) is 42.7 Å². The van der Waals surface area contributed by atoms with Crippen molar-refractivity contribution in [3.8, 4) is 17.0 Å². The molecule has 36 heavy (non-hydrogen) atoms. The van der Waals surface area contributed by atoms with Crippen molar-refractivity contribution in [1.29, 1.82) is 0 Å². The summed E-state index contributed by atoms with van der Waals surface area (Å²) in [7, 11) is 0. The molecule has 1 atom stereocenters. The molecule has 0 radical (unpaired) electrons. The van der Waals surface area contributed by atoms with E-state index in [1.165, 1.54) is 0 Å². The topological polar surface area (TPSA) is 75.6 Å². The average molecular weight is 508 g/mol. The summed E-state index contributed by atoms with van der Waals surface area (Å²) in [6, 6.07) is 9.61. The summed E-state index contributed by atoms with van der Waals surface area (Å²) in [6.45, 7) is 12.2. The maximum atomic E-state index is 11.7. The van der Waals surface area contributed by atoms with Crippen molar-refractivity contribution < 1.29 is 14.6 Å². The highest BCUT2D eigenvalue weighted by Gasteiger charge is 2.29. The molecule has 3 heterocycles. The molecule has 6 nitrogen and oxygen atoms in total. The van der Waals surface area contributed by atoms with Crippen LogP contribution in [0.5, 0.6) is 5.88 Å². The Hall–Kier alpha value is -3.12. The van der Waals surface area contributed by atoms with E-state index in [9.17, 15) is 9.90 Å². The van der Waals surface area contributed by atoms with Crippen LogP contribution < -0.4 is 9.64 Å². The number of rotatable bonds is 7. The van der Waals surface area contributed by atoms with Crippen LogP contribution in [0.1, 0.15) is 62.1 Å². The lowest BCUT2D eigenvalue weighted by molar-refractivity contribution is -0.136. The van der Waals surface area contributed by atoms with E-state index >= 15 is 0 Å². The van der Waals surface area contributed by atoms with Gasteiger partial charge in [0.1, 0.15) is 6.10 Å². The average Bonchev–Trinajstić information content (AvgIpc) is 2.81. The fourth-order valence-corrected chi connectivity index (χ4v) is 5.29. The molecule has 7 heteroatoms. The molecule has 1 aliphatic heterocycles. The first kappa shape index (κ1) is 26.0. The summed E-state index contributed by atoms with van der Waals surface area (Å²) in [4.78, 5) is 23.2. The zero-order chi connectivity index (χ0) is 26.0. The molecule has 0 saturated carbocycles. The zero-order valence-electron chi connectivity index (χ0n) is 21.6. The summed E-state index contributed by atoms with van der Waals surface area (Å²) < 4.78 is 6.12. The van der Waals surface area contributed by atoms with Gasteiger partial charge in [0.2, 0.25) is 5.88 Å². The summed E-state index contributed by atoms with van der Waals surface area (Å²) >= 11 is 6.41. The van der Waals surface area contributed by atoms with Crippen molar-refractivity contribution in [2.75, 3.05) is 18.0 Å². The van der Waals surface area contributed by atoms with Gasteiger partial charge in [0, 0.05) is 64.5 Å². The summed E-state index contributed by atoms with van der Waals surface area (Å²) in [5.74, 6) is -0.362. The fourth-order valence-electron chi connectivity index (χ4n) is 4.91. The summed E-state index contributed by atoms with van der Waals surface area (Å²) in [5, 5.41) is 10.3. The number of anilines is 1. The second-order valence-electron chi connectivity index (χ2n) is 10.4. The Balaban J connectivity index is 1.66. The smallest absolute Gasteiger partial charge is 0.307 e. The molecule has 0 amide bonds. The van der Waals surface area contributed by atoms with Gasteiger partial charge in [-0.3, -0.25) is 9.78 Å². The number of aliphatic carboxylic acids is 1. The Kier molecular flexibility index (Phi) is 7.55. The normalized spacial score (nSPS) is 16.0. The highest BCUT2D eigenvalue weighted by Crippen LogP contribution is 2.40. The molecular formula is C29H34ClN3O3. The number of hydrogen-bond acceptors (Lipinski definition) is 5. The van der Waals surface area contributed by atoms with Gasteiger partial charge in [-0.2, -0.15) is 0 Å². The number of pyridine rings is 2. The van der Waals surface area contributed by atoms with Crippen molar-refractivity contribution in [2.45, 2.75) is 60.0 Å². The monoisotopic (exact) mass is 507 g/mol.